The van der Waals surface area contributed by atoms with Crippen molar-refractivity contribution in [3.63, 3.8) is 0 Å². The predicted molar refractivity (Wildman–Crippen MR) is 146 cm³/mol. The van der Waals surface area contributed by atoms with Crippen LogP contribution >= 0.6 is 0 Å². The molecule has 1 unspecified atom stereocenters. The molecule has 10 heteroatoms. The van der Waals surface area contributed by atoms with E-state index in [1.807, 2.05) is 31.2 Å². The van der Waals surface area contributed by atoms with E-state index in [9.17, 15) is 32.3 Å². The molecule has 0 fully saturated rings. The van der Waals surface area contributed by atoms with E-state index in [-0.39, 0.29) is 36.9 Å². The summed E-state index contributed by atoms with van der Waals surface area (Å²) in [4.78, 5) is 25.7. The highest BCUT2D eigenvalue weighted by atomic mass is 19.2. The molecule has 3 aromatic carbocycles. The summed E-state index contributed by atoms with van der Waals surface area (Å²) in [5.74, 6) is -4.91. The van der Waals surface area contributed by atoms with Crippen LogP contribution in [0.15, 0.2) is 60.7 Å². The summed E-state index contributed by atoms with van der Waals surface area (Å²) in [6.07, 6.45) is -2.27. The van der Waals surface area contributed by atoms with Crippen LogP contribution in [0.25, 0.3) is 0 Å². The molecule has 0 bridgehead atoms. The topological polar surface area (TPSA) is 87.7 Å². The summed E-state index contributed by atoms with van der Waals surface area (Å²) in [5.41, 5.74) is 2.61. The van der Waals surface area contributed by atoms with Gasteiger partial charge in [0.15, 0.2) is 11.6 Å². The standard InChI is InChI=1S/C31H34F4N2O4/c1-3-19-5-4-6-21(9-19)17-36-18-29(39)28(14-22-10-23(32)15-24(33)11-22)37-31(40)30(41-2)16-25(38)12-20-7-8-26(34)27(35)13-20/h4-11,13,15,28-30,36,39H,3,12,14,16-18H2,1-2H3,(H,37,40)/t28-,29+,30?/m0/s1. The van der Waals surface area contributed by atoms with E-state index in [1.165, 1.54) is 13.2 Å². The fraction of sp³-hybridized carbons (Fsp3) is 0.355. The van der Waals surface area contributed by atoms with Gasteiger partial charge in [0.05, 0.1) is 12.1 Å². The normalized spacial score (nSPS) is 13.4. The van der Waals surface area contributed by atoms with Gasteiger partial charge >= 0.3 is 0 Å². The fourth-order valence-corrected chi connectivity index (χ4v) is 4.45. The van der Waals surface area contributed by atoms with Gasteiger partial charge in [-0.3, -0.25) is 9.59 Å². The molecule has 220 valence electrons. The largest absolute Gasteiger partial charge is 0.390 e. The monoisotopic (exact) mass is 574 g/mol. The summed E-state index contributed by atoms with van der Waals surface area (Å²) in [6.45, 7) is 2.54. The molecule has 0 radical (unpaired) electrons. The Balaban J connectivity index is 1.67. The van der Waals surface area contributed by atoms with Crippen molar-refractivity contribution >= 4 is 11.7 Å². The number of hydrogen-bond donors (Lipinski definition) is 3. The molecular formula is C31H34F4N2O4. The average molecular weight is 575 g/mol. The zero-order chi connectivity index (χ0) is 29.9. The number of benzene rings is 3. The molecule has 0 aliphatic carbocycles. The maximum Gasteiger partial charge on any atom is 0.249 e. The van der Waals surface area contributed by atoms with E-state index in [1.54, 1.807) is 0 Å². The van der Waals surface area contributed by atoms with Crippen molar-refractivity contribution in [2.75, 3.05) is 13.7 Å². The Morgan fingerprint density at radius 3 is 2.24 bits per heavy atom. The van der Waals surface area contributed by atoms with Gasteiger partial charge in [0.25, 0.3) is 0 Å². The summed E-state index contributed by atoms with van der Waals surface area (Å²) >= 11 is 0. The number of carbonyl (C=O) groups excluding carboxylic acids is 2. The van der Waals surface area contributed by atoms with Crippen LogP contribution < -0.4 is 10.6 Å². The maximum atomic E-state index is 13.8. The van der Waals surface area contributed by atoms with Gasteiger partial charge in [0, 0.05) is 39.1 Å². The van der Waals surface area contributed by atoms with E-state index >= 15 is 0 Å². The van der Waals surface area contributed by atoms with E-state index in [4.69, 9.17) is 4.74 Å². The Morgan fingerprint density at radius 2 is 1.59 bits per heavy atom. The number of rotatable bonds is 15. The van der Waals surface area contributed by atoms with Crippen LogP contribution in [0, 0.1) is 23.3 Å². The molecule has 0 spiro atoms. The first-order chi connectivity index (χ1) is 19.6. The number of aryl methyl sites for hydroxylation is 1. The van der Waals surface area contributed by atoms with Gasteiger partial charge in [-0.1, -0.05) is 37.3 Å². The lowest BCUT2D eigenvalue weighted by Crippen LogP contribution is -2.52. The van der Waals surface area contributed by atoms with Gasteiger partial charge in [0.1, 0.15) is 23.5 Å². The zero-order valence-electron chi connectivity index (χ0n) is 22.9. The van der Waals surface area contributed by atoms with Crippen LogP contribution in [0.4, 0.5) is 17.6 Å². The molecule has 0 aliphatic rings. The van der Waals surface area contributed by atoms with Crippen LogP contribution in [-0.4, -0.2) is 48.7 Å². The predicted octanol–water partition coefficient (Wildman–Crippen LogP) is 4.20. The van der Waals surface area contributed by atoms with Crippen LogP contribution in [-0.2, 0) is 40.1 Å². The molecule has 3 atom stereocenters. The van der Waals surface area contributed by atoms with Gasteiger partial charge in [-0.25, -0.2) is 17.6 Å². The second kappa shape index (κ2) is 15.4. The van der Waals surface area contributed by atoms with Gasteiger partial charge < -0.3 is 20.5 Å². The number of ether oxygens (including phenoxy) is 1. The van der Waals surface area contributed by atoms with Crippen molar-refractivity contribution in [1.82, 2.24) is 10.6 Å². The number of amides is 1. The first kappa shape index (κ1) is 31.9. The number of methoxy groups -OCH3 is 1. The van der Waals surface area contributed by atoms with E-state index < -0.39 is 53.2 Å². The van der Waals surface area contributed by atoms with Crippen LogP contribution in [0.3, 0.4) is 0 Å². The highest BCUT2D eigenvalue weighted by Crippen LogP contribution is 2.15. The third kappa shape index (κ3) is 10.1. The Morgan fingerprint density at radius 1 is 0.878 bits per heavy atom. The van der Waals surface area contributed by atoms with Crippen molar-refractivity contribution in [3.8, 4) is 0 Å². The van der Waals surface area contributed by atoms with Crippen molar-refractivity contribution in [1.29, 1.82) is 0 Å². The fourth-order valence-electron chi connectivity index (χ4n) is 4.45. The maximum absolute atomic E-state index is 13.8. The molecule has 1 amide bonds. The lowest BCUT2D eigenvalue weighted by Gasteiger charge is -2.27. The Bertz CT molecular complexity index is 1320. The van der Waals surface area contributed by atoms with E-state index in [0.29, 0.717) is 6.54 Å². The van der Waals surface area contributed by atoms with Gasteiger partial charge in [0.2, 0.25) is 5.91 Å². The Kier molecular flexibility index (Phi) is 12.0. The number of aliphatic hydroxyl groups excluding tert-OH is 1. The number of Topliss-reactive ketones (excluding diaryl/α,β-unsaturated/α-hetero) is 1. The second-order valence-corrected chi connectivity index (χ2v) is 9.86. The summed E-state index contributed by atoms with van der Waals surface area (Å²) < 4.78 is 59.6. The van der Waals surface area contributed by atoms with Gasteiger partial charge in [-0.15, -0.1) is 0 Å². The Hall–Kier alpha value is -3.60. The SMILES string of the molecule is CCc1cccc(CNC[C@@H](O)[C@H](Cc2cc(F)cc(F)c2)NC(=O)C(CC(=O)Cc2ccc(F)c(F)c2)OC)c1. The zero-order valence-corrected chi connectivity index (χ0v) is 22.9. The molecule has 0 saturated heterocycles. The number of halogens is 4. The quantitative estimate of drug-likeness (QED) is 0.237. The lowest BCUT2D eigenvalue weighted by molar-refractivity contribution is -0.136. The van der Waals surface area contributed by atoms with Crippen molar-refractivity contribution in [2.45, 2.75) is 57.4 Å². The third-order valence-electron chi connectivity index (χ3n) is 6.63. The van der Waals surface area contributed by atoms with Crippen LogP contribution in [0.2, 0.25) is 0 Å². The van der Waals surface area contributed by atoms with Crippen LogP contribution in [0.5, 0.6) is 0 Å². The average Bonchev–Trinajstić information content (AvgIpc) is 2.92. The molecule has 6 nitrogen and oxygen atoms in total. The smallest absolute Gasteiger partial charge is 0.249 e. The molecule has 0 aliphatic heterocycles. The number of aliphatic hydroxyl groups is 1. The number of hydrogen-bond acceptors (Lipinski definition) is 5. The molecule has 41 heavy (non-hydrogen) atoms. The molecule has 3 rings (SSSR count). The number of nitrogens with one attached hydrogen (secondary N) is 2. The number of carbonyl (C=O) groups is 2. The molecule has 3 N–H and O–H groups in total. The highest BCUT2D eigenvalue weighted by Gasteiger charge is 2.28. The lowest BCUT2D eigenvalue weighted by atomic mass is 9.99. The first-order valence-electron chi connectivity index (χ1n) is 13.3. The van der Waals surface area contributed by atoms with Crippen molar-refractivity contribution in [2.24, 2.45) is 0 Å². The molecule has 0 saturated carbocycles. The molecule has 3 aromatic rings. The van der Waals surface area contributed by atoms with E-state index in [2.05, 4.69) is 10.6 Å². The third-order valence-corrected chi connectivity index (χ3v) is 6.63. The minimum atomic E-state index is -1.25. The number of ketones is 1. The van der Waals surface area contributed by atoms with Crippen molar-refractivity contribution in [3.05, 3.63) is 106 Å². The molecule has 0 heterocycles. The van der Waals surface area contributed by atoms with E-state index in [0.717, 1.165) is 47.9 Å². The highest BCUT2D eigenvalue weighted by molar-refractivity contribution is 5.89. The van der Waals surface area contributed by atoms with Crippen molar-refractivity contribution < 1.29 is 37.0 Å². The molecule has 0 aromatic heterocycles. The first-order valence-corrected chi connectivity index (χ1v) is 13.3. The minimum absolute atomic E-state index is 0.0474. The molecular weight excluding hydrogens is 540 g/mol. The second-order valence-electron chi connectivity index (χ2n) is 9.86. The van der Waals surface area contributed by atoms with Gasteiger partial charge in [-0.05, 0) is 59.4 Å². The summed E-state index contributed by atoms with van der Waals surface area (Å²) in [5, 5.41) is 16.8. The van der Waals surface area contributed by atoms with Crippen LogP contribution in [0.1, 0.15) is 35.6 Å². The minimum Gasteiger partial charge on any atom is -0.390 e. The Labute approximate surface area is 236 Å². The van der Waals surface area contributed by atoms with Gasteiger partial charge in [-0.2, -0.15) is 0 Å². The summed E-state index contributed by atoms with van der Waals surface area (Å²) in [7, 11) is 1.23. The summed E-state index contributed by atoms with van der Waals surface area (Å²) in [6, 6.07) is 13.0.